The Morgan fingerprint density at radius 2 is 2.21 bits per heavy atom. The zero-order valence-electron chi connectivity index (χ0n) is 11.3. The van der Waals surface area contributed by atoms with Crippen molar-refractivity contribution in [2.75, 3.05) is 18.6 Å². The summed E-state index contributed by atoms with van der Waals surface area (Å²) in [7, 11) is 1.59. The van der Waals surface area contributed by atoms with E-state index in [9.17, 15) is 9.59 Å². The molecule has 1 unspecified atom stereocenters. The molecule has 19 heavy (non-hydrogen) atoms. The Bertz CT molecular complexity index is 515. The number of ether oxygens (including phenoxy) is 1. The summed E-state index contributed by atoms with van der Waals surface area (Å²) in [6.07, 6.45) is 0.404. The van der Waals surface area contributed by atoms with Crippen LogP contribution in [0.15, 0.2) is 18.2 Å². The van der Waals surface area contributed by atoms with Crippen LogP contribution in [0.5, 0.6) is 5.75 Å². The number of thioether (sulfide) groups is 1. The van der Waals surface area contributed by atoms with Gasteiger partial charge >= 0.3 is 0 Å². The van der Waals surface area contributed by atoms with Gasteiger partial charge in [0.1, 0.15) is 5.75 Å². The molecular weight excluding hydrogens is 262 g/mol. The Labute approximate surface area is 117 Å². The van der Waals surface area contributed by atoms with Crippen LogP contribution in [0.2, 0.25) is 0 Å². The number of anilines is 1. The number of amides is 1. The summed E-state index contributed by atoms with van der Waals surface area (Å²) in [5, 5.41) is 0.0890. The Balaban J connectivity index is 2.25. The molecule has 2 rings (SSSR count). The Hall–Kier alpha value is -1.49. The van der Waals surface area contributed by atoms with Gasteiger partial charge in [0.05, 0.1) is 12.8 Å². The summed E-state index contributed by atoms with van der Waals surface area (Å²) in [5.74, 6) is 0.732. The topological polar surface area (TPSA) is 46.6 Å². The third-order valence-corrected chi connectivity index (χ3v) is 4.03. The fraction of sp³-hybridized carbons (Fsp3) is 0.429. The molecule has 1 fully saturated rings. The molecular formula is C14H17NO3S. The van der Waals surface area contributed by atoms with Gasteiger partial charge in [-0.25, -0.2) is 0 Å². The fourth-order valence-corrected chi connectivity index (χ4v) is 3.15. The normalized spacial score (nSPS) is 18.8. The van der Waals surface area contributed by atoms with Crippen molar-refractivity contribution < 1.29 is 14.3 Å². The molecule has 0 saturated carbocycles. The lowest BCUT2D eigenvalue weighted by Gasteiger charge is -2.20. The van der Waals surface area contributed by atoms with Gasteiger partial charge in [0.25, 0.3) is 0 Å². The molecule has 1 atom stereocenters. The number of rotatable bonds is 3. The molecule has 102 valence electrons. The van der Waals surface area contributed by atoms with Gasteiger partial charge in [-0.3, -0.25) is 9.59 Å². The van der Waals surface area contributed by atoms with Gasteiger partial charge in [0, 0.05) is 25.1 Å². The van der Waals surface area contributed by atoms with Gasteiger partial charge < -0.3 is 9.64 Å². The molecule has 0 N–H and O–H groups in total. The van der Waals surface area contributed by atoms with Gasteiger partial charge in [-0.05, 0) is 24.6 Å². The van der Waals surface area contributed by atoms with Crippen molar-refractivity contribution in [3.05, 3.63) is 23.8 Å². The second-order valence-electron chi connectivity index (χ2n) is 4.62. The number of carbonyl (C=O) groups is 2. The van der Waals surface area contributed by atoms with Crippen molar-refractivity contribution in [2.24, 2.45) is 0 Å². The number of hydrogen-bond donors (Lipinski definition) is 0. The summed E-state index contributed by atoms with van der Waals surface area (Å²) < 4.78 is 5.31. The zero-order valence-corrected chi connectivity index (χ0v) is 12.1. The Morgan fingerprint density at radius 1 is 1.47 bits per heavy atom. The summed E-state index contributed by atoms with van der Waals surface area (Å²) >= 11 is 1.24. The van der Waals surface area contributed by atoms with Gasteiger partial charge in [-0.2, -0.15) is 0 Å². The van der Waals surface area contributed by atoms with E-state index in [1.54, 1.807) is 12.0 Å². The first kappa shape index (κ1) is 13.9. The second-order valence-corrected chi connectivity index (χ2v) is 6.09. The monoisotopic (exact) mass is 279 g/mol. The second kappa shape index (κ2) is 5.65. The van der Waals surface area contributed by atoms with E-state index in [4.69, 9.17) is 4.74 Å². The van der Waals surface area contributed by atoms with Gasteiger partial charge in [0.2, 0.25) is 5.91 Å². The fourth-order valence-electron chi connectivity index (χ4n) is 2.23. The number of nitrogens with zero attached hydrogens (tertiary/aromatic N) is 1. The number of benzene rings is 1. The lowest BCUT2D eigenvalue weighted by Crippen LogP contribution is -2.25. The van der Waals surface area contributed by atoms with Crippen molar-refractivity contribution in [2.45, 2.75) is 25.5 Å². The first-order valence-corrected chi connectivity index (χ1v) is 7.01. The van der Waals surface area contributed by atoms with E-state index in [-0.39, 0.29) is 16.3 Å². The van der Waals surface area contributed by atoms with E-state index in [1.807, 2.05) is 25.1 Å². The van der Waals surface area contributed by atoms with Crippen molar-refractivity contribution in [3.8, 4) is 5.75 Å². The molecule has 4 nitrogen and oxygen atoms in total. The van der Waals surface area contributed by atoms with Crippen molar-refractivity contribution in [1.29, 1.82) is 0 Å². The molecule has 1 aliphatic rings. The maximum Gasteiger partial charge on any atom is 0.228 e. The van der Waals surface area contributed by atoms with E-state index < -0.39 is 0 Å². The quantitative estimate of drug-likeness (QED) is 0.852. The van der Waals surface area contributed by atoms with Crippen LogP contribution in [-0.4, -0.2) is 29.9 Å². The van der Waals surface area contributed by atoms with Crippen molar-refractivity contribution in [3.63, 3.8) is 0 Å². The van der Waals surface area contributed by atoms with Gasteiger partial charge in [-0.1, -0.05) is 17.8 Å². The predicted molar refractivity (Wildman–Crippen MR) is 76.8 cm³/mol. The molecule has 1 amide bonds. The first-order chi connectivity index (χ1) is 9.01. The smallest absolute Gasteiger partial charge is 0.228 e. The Morgan fingerprint density at radius 3 is 2.84 bits per heavy atom. The van der Waals surface area contributed by atoms with E-state index in [2.05, 4.69) is 0 Å². The number of hydrogen-bond acceptors (Lipinski definition) is 4. The minimum absolute atomic E-state index is 0.0372. The van der Waals surface area contributed by atoms with Crippen LogP contribution in [-0.2, 0) is 9.59 Å². The highest BCUT2D eigenvalue weighted by molar-refractivity contribution is 8.14. The summed E-state index contributed by atoms with van der Waals surface area (Å²) in [4.78, 5) is 24.9. The van der Waals surface area contributed by atoms with Crippen molar-refractivity contribution >= 4 is 28.5 Å². The maximum atomic E-state index is 12.1. The van der Waals surface area contributed by atoms with Crippen LogP contribution in [0.25, 0.3) is 0 Å². The third-order valence-electron chi connectivity index (χ3n) is 3.05. The van der Waals surface area contributed by atoms with E-state index in [1.165, 1.54) is 18.7 Å². The molecule has 0 spiro atoms. The zero-order chi connectivity index (χ0) is 14.0. The van der Waals surface area contributed by atoms with Crippen LogP contribution < -0.4 is 9.64 Å². The van der Waals surface area contributed by atoms with Crippen LogP contribution in [0.3, 0.4) is 0 Å². The molecule has 0 radical (unpaired) electrons. The molecule has 1 heterocycles. The molecule has 0 aliphatic carbocycles. The standard InChI is InChI=1S/C14H17NO3S/c1-9-4-5-13(18-3)12(6-9)15-8-11(7-14(15)17)19-10(2)16/h4-6,11H,7-8H2,1-3H3. The van der Waals surface area contributed by atoms with Gasteiger partial charge in [0.15, 0.2) is 5.12 Å². The molecule has 1 aromatic rings. The molecule has 0 aromatic heterocycles. The minimum Gasteiger partial charge on any atom is -0.495 e. The highest BCUT2D eigenvalue weighted by atomic mass is 32.2. The molecule has 0 bridgehead atoms. The Kier molecular flexibility index (Phi) is 4.14. The summed E-state index contributed by atoms with van der Waals surface area (Å²) in [5.41, 5.74) is 1.87. The van der Waals surface area contributed by atoms with Crippen LogP contribution in [0.4, 0.5) is 5.69 Å². The maximum absolute atomic E-state index is 12.1. The average Bonchev–Trinajstić information content (AvgIpc) is 2.69. The van der Waals surface area contributed by atoms with Crippen molar-refractivity contribution in [1.82, 2.24) is 0 Å². The lowest BCUT2D eigenvalue weighted by atomic mass is 10.2. The van der Waals surface area contributed by atoms with E-state index in [0.29, 0.717) is 18.7 Å². The predicted octanol–water partition coefficient (Wildman–Crippen LogP) is 2.39. The van der Waals surface area contributed by atoms with E-state index >= 15 is 0 Å². The number of aryl methyl sites for hydroxylation is 1. The summed E-state index contributed by atoms with van der Waals surface area (Å²) in [6.45, 7) is 4.07. The number of methoxy groups -OCH3 is 1. The molecule has 1 aromatic carbocycles. The van der Waals surface area contributed by atoms with Gasteiger partial charge in [-0.15, -0.1) is 0 Å². The SMILES string of the molecule is COc1ccc(C)cc1N1CC(SC(C)=O)CC1=O. The van der Waals surface area contributed by atoms with Crippen LogP contribution in [0.1, 0.15) is 18.9 Å². The average molecular weight is 279 g/mol. The lowest BCUT2D eigenvalue weighted by molar-refractivity contribution is -0.117. The third kappa shape index (κ3) is 3.10. The molecule has 5 heteroatoms. The van der Waals surface area contributed by atoms with Crippen LogP contribution >= 0.6 is 11.8 Å². The highest BCUT2D eigenvalue weighted by Crippen LogP contribution is 2.35. The van der Waals surface area contributed by atoms with E-state index in [0.717, 1.165) is 11.3 Å². The molecule has 1 aliphatic heterocycles. The minimum atomic E-state index is 0.0372. The molecule has 1 saturated heterocycles. The van der Waals surface area contributed by atoms with Crippen LogP contribution in [0, 0.1) is 6.92 Å². The number of carbonyl (C=O) groups excluding carboxylic acids is 2. The largest absolute Gasteiger partial charge is 0.495 e. The first-order valence-electron chi connectivity index (χ1n) is 6.13. The summed E-state index contributed by atoms with van der Waals surface area (Å²) in [6, 6.07) is 5.76. The highest BCUT2D eigenvalue weighted by Gasteiger charge is 2.33.